The minimum absolute atomic E-state index is 0.0425. The third-order valence-corrected chi connectivity index (χ3v) is 6.52. The second-order valence-electron chi connectivity index (χ2n) is 8.66. The number of ether oxygens (including phenoxy) is 2. The van der Waals surface area contributed by atoms with Crippen LogP contribution in [0.1, 0.15) is 38.0 Å². The molecule has 1 unspecified atom stereocenters. The Morgan fingerprint density at radius 3 is 1.83 bits per heavy atom. The highest BCUT2D eigenvalue weighted by atomic mass is 35.5. The fourth-order valence-corrected chi connectivity index (χ4v) is 4.18. The molecule has 1 atom stereocenters. The molecule has 2 N–H and O–H groups in total. The highest BCUT2D eigenvalue weighted by Crippen LogP contribution is 2.27. The Kier molecular flexibility index (Phi) is 9.00. The minimum atomic E-state index is -1.38. The number of nitrogens with one attached hydrogen (secondary N) is 2. The quantitative estimate of drug-likeness (QED) is 0.278. The number of fused-ring (bicyclic) bond motifs is 1. The maximum absolute atomic E-state index is 13.0. The molecule has 3 aromatic rings. The zero-order chi connectivity index (χ0) is 29.7. The Morgan fingerprint density at radius 1 is 0.756 bits per heavy atom. The van der Waals surface area contributed by atoms with Crippen molar-refractivity contribution in [3.8, 4) is 0 Å². The van der Waals surface area contributed by atoms with E-state index in [1.165, 1.54) is 19.1 Å². The van der Waals surface area contributed by atoms with Gasteiger partial charge < -0.3 is 20.1 Å². The average Bonchev–Trinajstić information content (AvgIpc) is 3.21. The second-order valence-corrected chi connectivity index (χ2v) is 9.47. The number of carbonyl (C=O) groups is 6. The van der Waals surface area contributed by atoms with Gasteiger partial charge in [-0.15, -0.1) is 0 Å². The number of rotatable bonds is 9. The molecule has 0 saturated heterocycles. The van der Waals surface area contributed by atoms with E-state index in [2.05, 4.69) is 10.6 Å². The van der Waals surface area contributed by atoms with Crippen molar-refractivity contribution in [2.75, 3.05) is 23.8 Å². The summed E-state index contributed by atoms with van der Waals surface area (Å²) < 4.78 is 10.0. The second kappa shape index (κ2) is 12.6. The van der Waals surface area contributed by atoms with E-state index in [9.17, 15) is 28.8 Å². The standard InChI is InChI=1S/C28H21Cl2N3O8/c1-15(27(38)40-13-23(34)31-21-8-4-2-6-19(21)29)33-25(36)17-11-10-16(12-18(17)26(33)37)28(39)41-14-24(35)32-22-9-5-3-7-20(22)30/h2-12,15H,13-14H2,1H3,(H,31,34)(H,32,35). The van der Waals surface area contributed by atoms with Crippen LogP contribution < -0.4 is 10.6 Å². The minimum Gasteiger partial charge on any atom is -0.454 e. The van der Waals surface area contributed by atoms with E-state index in [0.29, 0.717) is 21.3 Å². The van der Waals surface area contributed by atoms with Gasteiger partial charge in [-0.25, -0.2) is 9.59 Å². The number of benzene rings is 3. The molecule has 0 aromatic heterocycles. The molecule has 0 spiro atoms. The molecular formula is C28H21Cl2N3O8. The van der Waals surface area contributed by atoms with E-state index in [0.717, 1.165) is 6.07 Å². The number of hydrogen-bond donors (Lipinski definition) is 2. The van der Waals surface area contributed by atoms with Crippen molar-refractivity contribution >= 4 is 70.1 Å². The maximum atomic E-state index is 13.0. The predicted molar refractivity (Wildman–Crippen MR) is 148 cm³/mol. The molecule has 41 heavy (non-hydrogen) atoms. The predicted octanol–water partition coefficient (Wildman–Crippen LogP) is 3.96. The van der Waals surface area contributed by atoms with Gasteiger partial charge >= 0.3 is 11.9 Å². The third kappa shape index (κ3) is 6.71. The topological polar surface area (TPSA) is 148 Å². The molecule has 1 aliphatic heterocycles. The molecule has 0 aliphatic carbocycles. The van der Waals surface area contributed by atoms with Crippen LogP contribution >= 0.6 is 23.2 Å². The number of amides is 4. The first-order valence-corrected chi connectivity index (χ1v) is 12.8. The average molecular weight is 598 g/mol. The molecule has 13 heteroatoms. The summed E-state index contributed by atoms with van der Waals surface area (Å²) in [6, 6.07) is 15.2. The van der Waals surface area contributed by atoms with Crippen molar-refractivity contribution < 1.29 is 38.2 Å². The maximum Gasteiger partial charge on any atom is 0.338 e. The number of para-hydroxylation sites is 2. The summed E-state index contributed by atoms with van der Waals surface area (Å²) in [5, 5.41) is 5.58. The van der Waals surface area contributed by atoms with Crippen LogP contribution in [-0.2, 0) is 23.9 Å². The molecule has 210 valence electrons. The van der Waals surface area contributed by atoms with Crippen LogP contribution in [0.2, 0.25) is 10.0 Å². The molecular weight excluding hydrogens is 577 g/mol. The summed E-state index contributed by atoms with van der Waals surface area (Å²) >= 11 is 12.0. The van der Waals surface area contributed by atoms with Crippen molar-refractivity contribution in [3.05, 3.63) is 93.5 Å². The largest absolute Gasteiger partial charge is 0.454 e. The van der Waals surface area contributed by atoms with Gasteiger partial charge in [-0.2, -0.15) is 0 Å². The first kappa shape index (κ1) is 29.2. The normalized spacial score (nSPS) is 12.8. The monoisotopic (exact) mass is 597 g/mol. The van der Waals surface area contributed by atoms with E-state index in [1.54, 1.807) is 48.5 Å². The molecule has 1 aliphatic rings. The first-order chi connectivity index (χ1) is 19.6. The van der Waals surface area contributed by atoms with Crippen molar-refractivity contribution in [1.82, 2.24) is 4.90 Å². The van der Waals surface area contributed by atoms with Gasteiger partial charge in [-0.1, -0.05) is 47.5 Å². The number of esters is 2. The van der Waals surface area contributed by atoms with Crippen LogP contribution in [0.5, 0.6) is 0 Å². The summed E-state index contributed by atoms with van der Waals surface area (Å²) in [4.78, 5) is 76.0. The molecule has 4 rings (SSSR count). The van der Waals surface area contributed by atoms with E-state index in [1.807, 2.05) is 0 Å². The number of halogens is 2. The lowest BCUT2D eigenvalue weighted by molar-refractivity contribution is -0.150. The Morgan fingerprint density at radius 2 is 1.27 bits per heavy atom. The fraction of sp³-hybridized carbons (Fsp3) is 0.143. The molecule has 4 amide bonds. The molecule has 0 radical (unpaired) electrons. The van der Waals surface area contributed by atoms with Crippen LogP contribution in [-0.4, -0.2) is 59.7 Å². The summed E-state index contributed by atoms with van der Waals surface area (Å²) in [7, 11) is 0. The lowest BCUT2D eigenvalue weighted by Gasteiger charge is -2.20. The van der Waals surface area contributed by atoms with Crippen LogP contribution in [0, 0.1) is 0 Å². The van der Waals surface area contributed by atoms with Crippen LogP contribution in [0.25, 0.3) is 0 Å². The van der Waals surface area contributed by atoms with Crippen LogP contribution in [0.15, 0.2) is 66.7 Å². The third-order valence-electron chi connectivity index (χ3n) is 5.86. The first-order valence-electron chi connectivity index (χ1n) is 12.0. The highest BCUT2D eigenvalue weighted by molar-refractivity contribution is 6.34. The number of carbonyl (C=O) groups excluding carboxylic acids is 6. The SMILES string of the molecule is CC(C(=O)OCC(=O)Nc1ccccc1Cl)N1C(=O)c2ccc(C(=O)OCC(=O)Nc3ccccc3Cl)cc2C1=O. The summed E-state index contributed by atoms with van der Waals surface area (Å²) in [6.07, 6.45) is 0. The Labute approximate surface area is 243 Å². The summed E-state index contributed by atoms with van der Waals surface area (Å²) in [5.41, 5.74) is 0.383. The Balaban J connectivity index is 1.34. The van der Waals surface area contributed by atoms with Crippen molar-refractivity contribution in [2.45, 2.75) is 13.0 Å². The lowest BCUT2D eigenvalue weighted by atomic mass is 10.1. The van der Waals surface area contributed by atoms with Crippen LogP contribution in [0.4, 0.5) is 11.4 Å². The van der Waals surface area contributed by atoms with Crippen molar-refractivity contribution in [2.24, 2.45) is 0 Å². The van der Waals surface area contributed by atoms with E-state index >= 15 is 0 Å². The van der Waals surface area contributed by atoms with Gasteiger partial charge in [-0.05, 0) is 49.4 Å². The molecule has 3 aromatic carbocycles. The lowest BCUT2D eigenvalue weighted by Crippen LogP contribution is -2.44. The molecule has 11 nitrogen and oxygen atoms in total. The highest BCUT2D eigenvalue weighted by Gasteiger charge is 2.42. The van der Waals surface area contributed by atoms with Gasteiger partial charge in [0.1, 0.15) is 6.04 Å². The fourth-order valence-electron chi connectivity index (χ4n) is 3.81. The van der Waals surface area contributed by atoms with Gasteiger partial charge in [-0.3, -0.25) is 24.1 Å². The molecule has 0 bridgehead atoms. The van der Waals surface area contributed by atoms with Gasteiger partial charge in [0.05, 0.1) is 38.1 Å². The van der Waals surface area contributed by atoms with Gasteiger partial charge in [0.15, 0.2) is 13.2 Å². The molecule has 0 saturated carbocycles. The van der Waals surface area contributed by atoms with Gasteiger partial charge in [0, 0.05) is 0 Å². The molecule has 1 heterocycles. The number of hydrogen-bond acceptors (Lipinski definition) is 8. The number of imide groups is 1. The van der Waals surface area contributed by atoms with E-state index in [-0.39, 0.29) is 21.7 Å². The van der Waals surface area contributed by atoms with E-state index < -0.39 is 54.8 Å². The zero-order valence-corrected chi connectivity index (χ0v) is 22.8. The number of nitrogens with zero attached hydrogens (tertiary/aromatic N) is 1. The zero-order valence-electron chi connectivity index (χ0n) is 21.3. The van der Waals surface area contributed by atoms with Gasteiger partial charge in [0.25, 0.3) is 23.6 Å². The number of anilines is 2. The molecule has 0 fully saturated rings. The van der Waals surface area contributed by atoms with Gasteiger partial charge in [0.2, 0.25) is 0 Å². The Hall–Kier alpha value is -4.74. The summed E-state index contributed by atoms with van der Waals surface area (Å²) in [5.74, 6) is -4.87. The summed E-state index contributed by atoms with van der Waals surface area (Å²) in [6.45, 7) is -0.0482. The van der Waals surface area contributed by atoms with Crippen molar-refractivity contribution in [3.63, 3.8) is 0 Å². The Bertz CT molecular complexity index is 1580. The van der Waals surface area contributed by atoms with Crippen molar-refractivity contribution in [1.29, 1.82) is 0 Å². The van der Waals surface area contributed by atoms with E-state index in [4.69, 9.17) is 32.7 Å². The smallest absolute Gasteiger partial charge is 0.338 e. The van der Waals surface area contributed by atoms with Crippen LogP contribution in [0.3, 0.4) is 0 Å².